The maximum atomic E-state index is 12.2. The third-order valence-electron chi connectivity index (χ3n) is 3.66. The molecule has 0 bridgehead atoms. The van der Waals surface area contributed by atoms with Gasteiger partial charge in [-0.3, -0.25) is 14.3 Å². The summed E-state index contributed by atoms with van der Waals surface area (Å²) in [4.78, 5) is 27.6. The Bertz CT molecular complexity index is 529. The van der Waals surface area contributed by atoms with Gasteiger partial charge < -0.3 is 15.1 Å². The number of aryl methyl sites for hydroxylation is 2. The Labute approximate surface area is 149 Å². The fraction of sp³-hybridized carbons (Fsp3) is 0.643. The fourth-order valence-corrected chi connectivity index (χ4v) is 2.39. The molecule has 23 heavy (non-hydrogen) atoms. The lowest BCUT2D eigenvalue weighted by molar-refractivity contribution is -0.140. The van der Waals surface area contributed by atoms with Crippen LogP contribution in [0.4, 0.5) is 0 Å². The highest BCUT2D eigenvalue weighted by Gasteiger charge is 2.20. The standard InChI is InChI=1S/C14H23N5O2.2ClH/c1-11-8-12(2)19(16-11)10-13(20)17(3)9-14(21)18-6-4-15-5-7-18;;/h8,15H,4-7,9-10H2,1-3H3;2*1H. The van der Waals surface area contributed by atoms with Gasteiger partial charge >= 0.3 is 0 Å². The highest BCUT2D eigenvalue weighted by atomic mass is 35.5. The number of nitrogens with one attached hydrogen (secondary N) is 1. The van der Waals surface area contributed by atoms with Gasteiger partial charge in [-0.15, -0.1) is 24.8 Å². The van der Waals surface area contributed by atoms with Crippen LogP contribution in [-0.2, 0) is 16.1 Å². The quantitative estimate of drug-likeness (QED) is 0.829. The molecule has 1 aliphatic rings. The predicted octanol–water partition coefficient (Wildman–Crippen LogP) is 0.234. The molecule has 0 unspecified atom stereocenters. The summed E-state index contributed by atoms with van der Waals surface area (Å²) in [6, 6.07) is 1.93. The van der Waals surface area contributed by atoms with E-state index >= 15 is 0 Å². The van der Waals surface area contributed by atoms with Gasteiger partial charge in [-0.1, -0.05) is 0 Å². The summed E-state index contributed by atoms with van der Waals surface area (Å²) < 4.78 is 1.67. The Kier molecular flexibility index (Phi) is 9.19. The highest BCUT2D eigenvalue weighted by Crippen LogP contribution is 2.03. The maximum Gasteiger partial charge on any atom is 0.244 e. The number of hydrogen-bond acceptors (Lipinski definition) is 4. The van der Waals surface area contributed by atoms with Crippen LogP contribution in [0.1, 0.15) is 11.4 Å². The number of aromatic nitrogens is 2. The van der Waals surface area contributed by atoms with Crippen molar-refractivity contribution in [2.24, 2.45) is 0 Å². The first-order chi connectivity index (χ1) is 9.97. The third kappa shape index (κ3) is 6.01. The maximum absolute atomic E-state index is 12.2. The van der Waals surface area contributed by atoms with Gasteiger partial charge in [-0.25, -0.2) is 0 Å². The number of nitrogens with zero attached hydrogens (tertiary/aromatic N) is 4. The molecule has 2 heterocycles. The lowest BCUT2D eigenvalue weighted by Gasteiger charge is -2.29. The van der Waals surface area contributed by atoms with E-state index in [1.54, 1.807) is 16.6 Å². The molecule has 1 fully saturated rings. The molecule has 2 amide bonds. The summed E-state index contributed by atoms with van der Waals surface area (Å²) in [7, 11) is 1.66. The fourth-order valence-electron chi connectivity index (χ4n) is 2.39. The lowest BCUT2D eigenvalue weighted by atomic mass is 10.3. The number of rotatable bonds is 4. The second kappa shape index (κ2) is 9.75. The molecule has 7 nitrogen and oxygen atoms in total. The molecule has 9 heteroatoms. The summed E-state index contributed by atoms with van der Waals surface area (Å²) in [6.45, 7) is 7.15. The van der Waals surface area contributed by atoms with E-state index < -0.39 is 0 Å². The van der Waals surface area contributed by atoms with E-state index in [9.17, 15) is 9.59 Å². The molecule has 1 aliphatic heterocycles. The zero-order valence-corrected chi connectivity index (χ0v) is 15.4. The van der Waals surface area contributed by atoms with Gasteiger partial charge in [0.1, 0.15) is 6.54 Å². The van der Waals surface area contributed by atoms with Crippen LogP contribution in [0.2, 0.25) is 0 Å². The number of halogens is 2. The molecule has 1 N–H and O–H groups in total. The van der Waals surface area contributed by atoms with Crippen molar-refractivity contribution in [2.45, 2.75) is 20.4 Å². The normalized spacial score (nSPS) is 13.8. The molecule has 1 aromatic rings. The van der Waals surface area contributed by atoms with Crippen molar-refractivity contribution < 1.29 is 9.59 Å². The van der Waals surface area contributed by atoms with E-state index in [1.807, 2.05) is 19.9 Å². The van der Waals surface area contributed by atoms with Gasteiger partial charge in [-0.2, -0.15) is 5.10 Å². The van der Waals surface area contributed by atoms with Crippen LogP contribution >= 0.6 is 24.8 Å². The molecule has 0 saturated carbocycles. The van der Waals surface area contributed by atoms with Crippen molar-refractivity contribution in [3.05, 3.63) is 17.5 Å². The first-order valence-electron chi connectivity index (χ1n) is 7.21. The molecular weight excluding hydrogens is 341 g/mol. The van der Waals surface area contributed by atoms with Gasteiger partial charge in [-0.05, 0) is 19.9 Å². The first-order valence-corrected chi connectivity index (χ1v) is 7.21. The number of likely N-dealkylation sites (N-methyl/N-ethyl adjacent to an activating group) is 1. The molecule has 2 rings (SSSR count). The van der Waals surface area contributed by atoms with Crippen molar-refractivity contribution in [1.82, 2.24) is 24.9 Å². The largest absolute Gasteiger partial charge is 0.339 e. The molecule has 1 aromatic heterocycles. The molecular formula is C14H25Cl2N5O2. The van der Waals surface area contributed by atoms with E-state index in [0.717, 1.165) is 24.5 Å². The Morgan fingerprint density at radius 1 is 1.26 bits per heavy atom. The third-order valence-corrected chi connectivity index (χ3v) is 3.66. The summed E-state index contributed by atoms with van der Waals surface area (Å²) in [5, 5.41) is 7.47. The molecule has 0 atom stereocenters. The van der Waals surface area contributed by atoms with Crippen molar-refractivity contribution in [3.63, 3.8) is 0 Å². The van der Waals surface area contributed by atoms with Crippen LogP contribution in [0.3, 0.4) is 0 Å². The van der Waals surface area contributed by atoms with Crippen molar-refractivity contribution >= 4 is 36.6 Å². The molecule has 0 spiro atoms. The summed E-state index contributed by atoms with van der Waals surface area (Å²) in [6.07, 6.45) is 0. The SMILES string of the molecule is Cc1cc(C)n(CC(=O)N(C)CC(=O)N2CCNCC2)n1.Cl.Cl. The number of hydrogen-bond donors (Lipinski definition) is 1. The van der Waals surface area contributed by atoms with Crippen LogP contribution < -0.4 is 5.32 Å². The van der Waals surface area contributed by atoms with Crippen LogP contribution in [0, 0.1) is 13.8 Å². The van der Waals surface area contributed by atoms with E-state index in [4.69, 9.17) is 0 Å². The number of carbonyl (C=O) groups is 2. The first kappa shape index (κ1) is 21.7. The predicted molar refractivity (Wildman–Crippen MR) is 93.3 cm³/mol. The minimum Gasteiger partial charge on any atom is -0.339 e. The number of piperazine rings is 1. The van der Waals surface area contributed by atoms with Crippen molar-refractivity contribution in [3.8, 4) is 0 Å². The topological polar surface area (TPSA) is 70.5 Å². The minimum absolute atomic E-state index is 0. The second-order valence-electron chi connectivity index (χ2n) is 5.47. The Morgan fingerprint density at radius 2 is 1.87 bits per heavy atom. The molecule has 0 radical (unpaired) electrons. The van der Waals surface area contributed by atoms with E-state index in [2.05, 4.69) is 10.4 Å². The van der Waals surface area contributed by atoms with E-state index in [1.165, 1.54) is 4.90 Å². The highest BCUT2D eigenvalue weighted by molar-refractivity contribution is 5.86. The van der Waals surface area contributed by atoms with Crippen LogP contribution in [-0.4, -0.2) is 71.2 Å². The zero-order valence-electron chi connectivity index (χ0n) is 13.7. The lowest BCUT2D eigenvalue weighted by Crippen LogP contribution is -2.50. The summed E-state index contributed by atoms with van der Waals surface area (Å²) in [5.74, 6) is -0.106. The van der Waals surface area contributed by atoms with Gasteiger partial charge in [0.15, 0.2) is 0 Å². The van der Waals surface area contributed by atoms with Gasteiger partial charge in [0, 0.05) is 38.9 Å². The number of amides is 2. The summed E-state index contributed by atoms with van der Waals surface area (Å²) in [5.41, 5.74) is 1.84. The molecule has 132 valence electrons. The molecule has 0 aromatic carbocycles. The zero-order chi connectivity index (χ0) is 15.4. The van der Waals surface area contributed by atoms with Crippen molar-refractivity contribution in [2.75, 3.05) is 39.8 Å². The number of carbonyl (C=O) groups excluding carboxylic acids is 2. The van der Waals surface area contributed by atoms with Gasteiger partial charge in [0.25, 0.3) is 0 Å². The Hall–Kier alpha value is -1.31. The second-order valence-corrected chi connectivity index (χ2v) is 5.47. The summed E-state index contributed by atoms with van der Waals surface area (Å²) >= 11 is 0. The Morgan fingerprint density at radius 3 is 2.39 bits per heavy atom. The average Bonchev–Trinajstić information content (AvgIpc) is 2.77. The average molecular weight is 366 g/mol. The van der Waals surface area contributed by atoms with Crippen LogP contribution in [0.15, 0.2) is 6.07 Å². The van der Waals surface area contributed by atoms with Gasteiger partial charge in [0.2, 0.25) is 11.8 Å². The monoisotopic (exact) mass is 365 g/mol. The van der Waals surface area contributed by atoms with E-state index in [-0.39, 0.29) is 49.7 Å². The minimum atomic E-state index is -0.107. The van der Waals surface area contributed by atoms with Crippen LogP contribution in [0.5, 0.6) is 0 Å². The van der Waals surface area contributed by atoms with Gasteiger partial charge in [0.05, 0.1) is 12.2 Å². The van der Waals surface area contributed by atoms with Crippen LogP contribution in [0.25, 0.3) is 0 Å². The van der Waals surface area contributed by atoms with Crippen molar-refractivity contribution in [1.29, 1.82) is 0 Å². The Balaban J connectivity index is 0.00000242. The molecule has 1 saturated heterocycles. The smallest absolute Gasteiger partial charge is 0.244 e. The molecule has 0 aliphatic carbocycles. The van der Waals surface area contributed by atoms with E-state index in [0.29, 0.717) is 13.1 Å².